The zero-order valence-corrected chi connectivity index (χ0v) is 16.9. The van der Waals surface area contributed by atoms with E-state index < -0.39 is 0 Å². The Morgan fingerprint density at radius 1 is 1.25 bits per heavy atom. The van der Waals surface area contributed by atoms with Gasteiger partial charge in [0.1, 0.15) is 0 Å². The van der Waals surface area contributed by atoms with Crippen molar-refractivity contribution < 1.29 is 14.2 Å². The van der Waals surface area contributed by atoms with E-state index in [1.165, 1.54) is 12.8 Å². The van der Waals surface area contributed by atoms with Gasteiger partial charge in [0.05, 0.1) is 19.8 Å². The molecule has 156 valence electrons. The van der Waals surface area contributed by atoms with Gasteiger partial charge < -0.3 is 25.3 Å². The fourth-order valence-electron chi connectivity index (χ4n) is 3.33. The Morgan fingerprint density at radius 3 is 2.89 bits per heavy atom. The number of rotatable bonds is 12. The summed E-state index contributed by atoms with van der Waals surface area (Å²) in [5, 5.41) is 3.48. The summed E-state index contributed by atoms with van der Waals surface area (Å²) in [6.07, 6.45) is 6.78. The van der Waals surface area contributed by atoms with Crippen LogP contribution in [-0.2, 0) is 11.3 Å². The number of nitrogen functional groups attached to an aromatic ring is 1. The second-order valence-corrected chi connectivity index (χ2v) is 7.04. The van der Waals surface area contributed by atoms with Gasteiger partial charge in [0.15, 0.2) is 17.0 Å². The molecule has 0 aromatic carbocycles. The number of ether oxygens (including phenoxy) is 3. The summed E-state index contributed by atoms with van der Waals surface area (Å²) in [5.74, 6) is 0.309. The number of anilines is 1. The smallest absolute Gasteiger partial charge is 0.320 e. The highest BCUT2D eigenvalue weighted by atomic mass is 16.5. The van der Waals surface area contributed by atoms with E-state index in [2.05, 4.69) is 27.2 Å². The number of nitrogens with two attached hydrogens (primary N) is 1. The Kier molecular flexibility index (Phi) is 7.67. The molecule has 9 nitrogen and oxygen atoms in total. The quantitative estimate of drug-likeness (QED) is 0.529. The first-order chi connectivity index (χ1) is 13.7. The van der Waals surface area contributed by atoms with Crippen LogP contribution in [0.25, 0.3) is 11.2 Å². The van der Waals surface area contributed by atoms with Gasteiger partial charge in [-0.15, -0.1) is 0 Å². The molecule has 0 saturated carbocycles. The van der Waals surface area contributed by atoms with E-state index >= 15 is 0 Å². The molecule has 2 aromatic rings. The Labute approximate surface area is 166 Å². The number of nitrogens with one attached hydrogen (secondary N) is 1. The Bertz CT molecular complexity index is 745. The van der Waals surface area contributed by atoms with Crippen molar-refractivity contribution in [1.29, 1.82) is 0 Å². The molecule has 1 saturated heterocycles. The maximum atomic E-state index is 6.07. The van der Waals surface area contributed by atoms with Crippen molar-refractivity contribution in [1.82, 2.24) is 24.8 Å². The third-order valence-corrected chi connectivity index (χ3v) is 4.88. The van der Waals surface area contributed by atoms with Crippen molar-refractivity contribution in [2.24, 2.45) is 0 Å². The van der Waals surface area contributed by atoms with Gasteiger partial charge in [-0.05, 0) is 45.2 Å². The number of methoxy groups -OCH3 is 1. The summed E-state index contributed by atoms with van der Waals surface area (Å²) in [7, 11) is 1.60. The fourth-order valence-corrected chi connectivity index (χ4v) is 3.33. The van der Waals surface area contributed by atoms with Crippen LogP contribution in [0.5, 0.6) is 12.0 Å². The molecule has 0 bridgehead atoms. The zero-order chi connectivity index (χ0) is 19.8. The van der Waals surface area contributed by atoms with Crippen LogP contribution >= 0.6 is 0 Å². The lowest BCUT2D eigenvalue weighted by Gasteiger charge is -2.11. The minimum absolute atomic E-state index is 0.289. The van der Waals surface area contributed by atoms with Crippen LogP contribution in [0.4, 0.5) is 5.82 Å². The van der Waals surface area contributed by atoms with Crippen LogP contribution in [0.2, 0.25) is 0 Å². The maximum Gasteiger partial charge on any atom is 0.320 e. The van der Waals surface area contributed by atoms with Crippen molar-refractivity contribution in [2.45, 2.75) is 58.1 Å². The molecule has 1 aliphatic rings. The molecule has 0 radical (unpaired) electrons. The first-order valence-corrected chi connectivity index (χ1v) is 10.3. The summed E-state index contributed by atoms with van der Waals surface area (Å²) in [6.45, 7) is 6.18. The maximum absolute atomic E-state index is 6.07. The normalized spacial score (nSPS) is 16.7. The number of unbranched alkanes of at least 4 members (excludes halogenated alkanes) is 1. The van der Waals surface area contributed by atoms with Crippen LogP contribution in [0.1, 0.15) is 45.4 Å². The highest BCUT2D eigenvalue weighted by Gasteiger charge is 2.18. The molecule has 0 amide bonds. The van der Waals surface area contributed by atoms with Gasteiger partial charge in [-0.2, -0.15) is 15.0 Å². The summed E-state index contributed by atoms with van der Waals surface area (Å²) in [5.41, 5.74) is 7.26. The highest BCUT2D eigenvalue weighted by Crippen LogP contribution is 2.25. The van der Waals surface area contributed by atoms with Gasteiger partial charge in [-0.3, -0.25) is 4.57 Å². The minimum atomic E-state index is 0.289. The molecule has 0 aliphatic carbocycles. The number of hydrogen-bond donors (Lipinski definition) is 2. The molecule has 28 heavy (non-hydrogen) atoms. The minimum Gasteiger partial charge on any atom is -0.468 e. The number of aryl methyl sites for hydroxylation is 1. The molecule has 3 rings (SSSR count). The lowest BCUT2D eigenvalue weighted by Crippen LogP contribution is -2.22. The summed E-state index contributed by atoms with van der Waals surface area (Å²) < 4.78 is 18.6. The number of fused-ring (bicyclic) bond motifs is 1. The monoisotopic (exact) mass is 392 g/mol. The van der Waals surface area contributed by atoms with Crippen LogP contribution < -0.4 is 20.5 Å². The van der Waals surface area contributed by atoms with E-state index in [0.717, 1.165) is 51.9 Å². The predicted octanol–water partition coefficient (Wildman–Crippen LogP) is 2.14. The van der Waals surface area contributed by atoms with E-state index in [-0.39, 0.29) is 6.01 Å². The number of aromatic nitrogens is 4. The van der Waals surface area contributed by atoms with E-state index in [1.807, 2.05) is 4.57 Å². The Balaban J connectivity index is 1.58. The van der Waals surface area contributed by atoms with Crippen LogP contribution in [-0.4, -0.2) is 59.0 Å². The van der Waals surface area contributed by atoms with Crippen LogP contribution in [0.3, 0.4) is 0 Å². The van der Waals surface area contributed by atoms with Crippen LogP contribution in [0.15, 0.2) is 0 Å². The third-order valence-electron chi connectivity index (χ3n) is 4.88. The first kappa shape index (κ1) is 20.6. The van der Waals surface area contributed by atoms with E-state index in [1.54, 1.807) is 7.11 Å². The van der Waals surface area contributed by atoms with Crippen molar-refractivity contribution in [3.8, 4) is 12.0 Å². The fraction of sp³-hybridized carbons (Fsp3) is 0.737. The average molecular weight is 393 g/mol. The first-order valence-electron chi connectivity index (χ1n) is 10.3. The van der Waals surface area contributed by atoms with Crippen molar-refractivity contribution in [3.05, 3.63) is 0 Å². The van der Waals surface area contributed by atoms with Gasteiger partial charge >= 0.3 is 6.01 Å². The summed E-state index contributed by atoms with van der Waals surface area (Å²) in [4.78, 5) is 13.2. The second kappa shape index (κ2) is 10.4. The van der Waals surface area contributed by atoms with Gasteiger partial charge in [-0.1, -0.05) is 13.3 Å². The molecule has 1 aliphatic heterocycles. The van der Waals surface area contributed by atoms with Gasteiger partial charge in [-0.25, -0.2) is 0 Å². The largest absolute Gasteiger partial charge is 0.468 e. The van der Waals surface area contributed by atoms with Gasteiger partial charge in [0.25, 0.3) is 6.01 Å². The molecule has 1 atom stereocenters. The molecular weight excluding hydrogens is 360 g/mol. The third kappa shape index (κ3) is 5.23. The second-order valence-electron chi connectivity index (χ2n) is 7.04. The molecule has 2 aromatic heterocycles. The zero-order valence-electron chi connectivity index (χ0n) is 16.9. The van der Waals surface area contributed by atoms with Gasteiger partial charge in [0.2, 0.25) is 0 Å². The number of hydrogen-bond acceptors (Lipinski definition) is 8. The van der Waals surface area contributed by atoms with E-state index in [9.17, 15) is 0 Å². The van der Waals surface area contributed by atoms with Crippen molar-refractivity contribution >= 4 is 17.0 Å². The topological polar surface area (TPSA) is 109 Å². The lowest BCUT2D eigenvalue weighted by molar-refractivity contribution is 0.104. The van der Waals surface area contributed by atoms with Crippen molar-refractivity contribution in [2.75, 3.05) is 39.1 Å². The predicted molar refractivity (Wildman–Crippen MR) is 108 cm³/mol. The van der Waals surface area contributed by atoms with E-state index in [0.29, 0.717) is 35.7 Å². The SMILES string of the molecule is CCCCOc1nc(N)c2nc(OC)n(CCCNCCC3CCCO3)c2n1. The molecule has 1 unspecified atom stereocenters. The summed E-state index contributed by atoms with van der Waals surface area (Å²) in [6, 6.07) is 0.776. The van der Waals surface area contributed by atoms with Crippen molar-refractivity contribution in [3.63, 3.8) is 0 Å². The highest BCUT2D eigenvalue weighted by molar-refractivity contribution is 5.83. The molecule has 1 fully saturated rings. The Morgan fingerprint density at radius 2 is 2.14 bits per heavy atom. The summed E-state index contributed by atoms with van der Waals surface area (Å²) >= 11 is 0. The lowest BCUT2D eigenvalue weighted by atomic mass is 10.2. The standard InChI is InChI=1S/C19H32N6O3/c1-3-4-12-28-18-23-16(20)15-17(24-18)25(19(22-15)26-2)11-6-9-21-10-8-14-7-5-13-27-14/h14,21H,3-13H2,1-2H3,(H2,20,23,24). The van der Waals surface area contributed by atoms with Gasteiger partial charge in [0, 0.05) is 13.2 Å². The number of nitrogens with zero attached hydrogens (tertiary/aromatic N) is 4. The molecular formula is C19H32N6O3. The molecule has 3 N–H and O–H groups in total. The average Bonchev–Trinajstić information content (AvgIpc) is 3.33. The molecule has 9 heteroatoms. The number of imidazole rings is 1. The van der Waals surface area contributed by atoms with E-state index in [4.69, 9.17) is 19.9 Å². The molecule has 0 spiro atoms. The molecule has 3 heterocycles. The Hall–Kier alpha value is -2.13. The van der Waals surface area contributed by atoms with Crippen LogP contribution in [0, 0.1) is 0 Å².